The zero-order chi connectivity index (χ0) is 14.0. The van der Waals surface area contributed by atoms with E-state index in [0.717, 1.165) is 0 Å². The molecule has 0 amide bonds. The van der Waals surface area contributed by atoms with Gasteiger partial charge in [0.15, 0.2) is 11.6 Å². The van der Waals surface area contributed by atoms with Crippen LogP contribution in [-0.4, -0.2) is 16.7 Å². The molecule has 2 aromatic rings. The van der Waals surface area contributed by atoms with Gasteiger partial charge in [0, 0.05) is 11.6 Å². The van der Waals surface area contributed by atoms with Crippen molar-refractivity contribution in [1.29, 1.82) is 0 Å². The molecule has 0 fully saturated rings. The van der Waals surface area contributed by atoms with Gasteiger partial charge in [-0.05, 0) is 13.0 Å². The first-order valence-corrected chi connectivity index (χ1v) is 5.96. The summed E-state index contributed by atoms with van der Waals surface area (Å²) in [6.45, 7) is 1.73. The number of ether oxygens (including phenoxy) is 1. The van der Waals surface area contributed by atoms with E-state index in [1.54, 1.807) is 19.1 Å². The van der Waals surface area contributed by atoms with Crippen LogP contribution < -0.4 is 10.3 Å². The number of methoxy groups -OCH3 is 1. The standard InChI is InChI=1S/C13H12ClFN2O2/c1-8-16-11(14)6-12(18)17(8)7-9-4-3-5-10(19-2)13(9)15/h3-6H,7H2,1-2H3. The van der Waals surface area contributed by atoms with Crippen molar-refractivity contribution in [3.05, 3.63) is 57.0 Å². The van der Waals surface area contributed by atoms with E-state index < -0.39 is 5.82 Å². The van der Waals surface area contributed by atoms with E-state index in [4.69, 9.17) is 16.3 Å². The van der Waals surface area contributed by atoms with Crippen LogP contribution in [0.15, 0.2) is 29.1 Å². The fraction of sp³-hybridized carbons (Fsp3) is 0.231. The van der Waals surface area contributed by atoms with Gasteiger partial charge in [0.1, 0.15) is 11.0 Å². The van der Waals surface area contributed by atoms with Gasteiger partial charge in [-0.2, -0.15) is 0 Å². The number of benzene rings is 1. The summed E-state index contributed by atoms with van der Waals surface area (Å²) in [6.07, 6.45) is 0. The van der Waals surface area contributed by atoms with Crippen LogP contribution in [0.2, 0.25) is 5.15 Å². The molecule has 0 aliphatic rings. The van der Waals surface area contributed by atoms with Crippen LogP contribution in [0.4, 0.5) is 4.39 Å². The Balaban J connectivity index is 2.45. The highest BCUT2D eigenvalue weighted by Gasteiger charge is 2.11. The number of halogens is 2. The summed E-state index contributed by atoms with van der Waals surface area (Å²) in [5.74, 6) is 0.0936. The van der Waals surface area contributed by atoms with Crippen LogP contribution in [0.5, 0.6) is 5.75 Å². The number of aromatic nitrogens is 2. The van der Waals surface area contributed by atoms with Crippen LogP contribution in [0.1, 0.15) is 11.4 Å². The van der Waals surface area contributed by atoms with E-state index in [1.807, 2.05) is 0 Å². The summed E-state index contributed by atoms with van der Waals surface area (Å²) in [4.78, 5) is 15.8. The Kier molecular flexibility index (Phi) is 3.85. The van der Waals surface area contributed by atoms with Crippen molar-refractivity contribution in [3.63, 3.8) is 0 Å². The fourth-order valence-electron chi connectivity index (χ4n) is 1.79. The zero-order valence-corrected chi connectivity index (χ0v) is 11.2. The maximum atomic E-state index is 14.0. The highest BCUT2D eigenvalue weighted by molar-refractivity contribution is 6.29. The topological polar surface area (TPSA) is 44.1 Å². The monoisotopic (exact) mass is 282 g/mol. The molecule has 6 heteroatoms. The Labute approximate surface area is 114 Å². The number of hydrogen-bond donors (Lipinski definition) is 0. The molecule has 1 aromatic heterocycles. The van der Waals surface area contributed by atoms with E-state index in [0.29, 0.717) is 11.4 Å². The molecule has 1 aromatic carbocycles. The second-order valence-corrected chi connectivity index (χ2v) is 4.37. The molecule has 0 spiro atoms. The van der Waals surface area contributed by atoms with E-state index in [1.165, 1.54) is 23.8 Å². The third-order valence-corrected chi connectivity index (χ3v) is 2.95. The van der Waals surface area contributed by atoms with Crippen molar-refractivity contribution in [2.75, 3.05) is 7.11 Å². The van der Waals surface area contributed by atoms with Crippen LogP contribution in [0.25, 0.3) is 0 Å². The first-order chi connectivity index (χ1) is 9.02. The molecule has 0 saturated heterocycles. The van der Waals surface area contributed by atoms with Crippen molar-refractivity contribution in [2.24, 2.45) is 0 Å². The number of rotatable bonds is 3. The Morgan fingerprint density at radius 1 is 1.47 bits per heavy atom. The van der Waals surface area contributed by atoms with Gasteiger partial charge in [0.2, 0.25) is 0 Å². The second-order valence-electron chi connectivity index (χ2n) is 3.98. The SMILES string of the molecule is COc1cccc(Cn2c(C)nc(Cl)cc2=O)c1F. The van der Waals surface area contributed by atoms with Crippen LogP contribution in [0, 0.1) is 12.7 Å². The minimum absolute atomic E-state index is 0.0812. The highest BCUT2D eigenvalue weighted by atomic mass is 35.5. The smallest absolute Gasteiger partial charge is 0.255 e. The molecule has 0 unspecified atom stereocenters. The Bertz CT molecular complexity index is 670. The van der Waals surface area contributed by atoms with Crippen molar-refractivity contribution in [1.82, 2.24) is 9.55 Å². The van der Waals surface area contributed by atoms with Gasteiger partial charge in [-0.3, -0.25) is 9.36 Å². The minimum Gasteiger partial charge on any atom is -0.494 e. The molecule has 0 N–H and O–H groups in total. The van der Waals surface area contributed by atoms with Crippen molar-refractivity contribution >= 4 is 11.6 Å². The molecule has 0 bridgehead atoms. The summed E-state index contributed by atoms with van der Waals surface area (Å²) in [6, 6.07) is 5.99. The minimum atomic E-state index is -0.480. The van der Waals surface area contributed by atoms with Gasteiger partial charge >= 0.3 is 0 Å². The summed E-state index contributed by atoms with van der Waals surface area (Å²) in [5.41, 5.74) is 0.0355. The second kappa shape index (κ2) is 5.40. The van der Waals surface area contributed by atoms with E-state index in [2.05, 4.69) is 4.98 Å². The molecule has 19 heavy (non-hydrogen) atoms. The predicted molar refractivity (Wildman–Crippen MR) is 70.3 cm³/mol. The Hall–Kier alpha value is -1.88. The molecule has 100 valence electrons. The normalized spacial score (nSPS) is 10.5. The molecule has 0 aliphatic carbocycles. The van der Waals surface area contributed by atoms with Gasteiger partial charge in [-0.1, -0.05) is 23.7 Å². The zero-order valence-electron chi connectivity index (χ0n) is 10.5. The molecular weight excluding hydrogens is 271 g/mol. The molecule has 2 rings (SSSR count). The van der Waals surface area contributed by atoms with Gasteiger partial charge in [0.25, 0.3) is 5.56 Å². The number of aryl methyl sites for hydroxylation is 1. The first-order valence-electron chi connectivity index (χ1n) is 5.58. The quantitative estimate of drug-likeness (QED) is 0.812. The van der Waals surface area contributed by atoms with Gasteiger partial charge < -0.3 is 4.74 Å². The van der Waals surface area contributed by atoms with E-state index in [9.17, 15) is 9.18 Å². The summed E-state index contributed by atoms with van der Waals surface area (Å²) in [5, 5.41) is 0.130. The average Bonchev–Trinajstić information content (AvgIpc) is 2.35. The van der Waals surface area contributed by atoms with Crippen LogP contribution >= 0.6 is 11.6 Å². The maximum Gasteiger partial charge on any atom is 0.255 e. The van der Waals surface area contributed by atoms with Gasteiger partial charge in [0.05, 0.1) is 13.7 Å². The van der Waals surface area contributed by atoms with Gasteiger partial charge in [-0.25, -0.2) is 9.37 Å². The summed E-state index contributed by atoms with van der Waals surface area (Å²) < 4.78 is 20.3. The molecule has 1 heterocycles. The lowest BCUT2D eigenvalue weighted by atomic mass is 10.2. The molecule has 0 aliphatic heterocycles. The lowest BCUT2D eigenvalue weighted by Gasteiger charge is -2.11. The maximum absolute atomic E-state index is 14.0. The van der Waals surface area contributed by atoms with Crippen molar-refractivity contribution in [2.45, 2.75) is 13.5 Å². The van der Waals surface area contributed by atoms with Crippen molar-refractivity contribution < 1.29 is 9.13 Å². The lowest BCUT2D eigenvalue weighted by Crippen LogP contribution is -2.23. The Morgan fingerprint density at radius 2 is 2.21 bits per heavy atom. The van der Waals surface area contributed by atoms with Gasteiger partial charge in [-0.15, -0.1) is 0 Å². The van der Waals surface area contributed by atoms with Crippen LogP contribution in [0.3, 0.4) is 0 Å². The van der Waals surface area contributed by atoms with E-state index >= 15 is 0 Å². The van der Waals surface area contributed by atoms with Crippen LogP contribution in [-0.2, 0) is 6.54 Å². The Morgan fingerprint density at radius 3 is 2.84 bits per heavy atom. The third kappa shape index (κ3) is 2.76. The first kappa shape index (κ1) is 13.5. The number of nitrogens with zero attached hydrogens (tertiary/aromatic N) is 2. The fourth-order valence-corrected chi connectivity index (χ4v) is 2.00. The molecule has 0 radical (unpaired) electrons. The molecule has 4 nitrogen and oxygen atoms in total. The largest absolute Gasteiger partial charge is 0.494 e. The van der Waals surface area contributed by atoms with E-state index in [-0.39, 0.29) is 23.0 Å². The summed E-state index contributed by atoms with van der Waals surface area (Å²) >= 11 is 5.69. The van der Waals surface area contributed by atoms with Crippen molar-refractivity contribution in [3.8, 4) is 5.75 Å². The highest BCUT2D eigenvalue weighted by Crippen LogP contribution is 2.20. The third-order valence-electron chi connectivity index (χ3n) is 2.76. The average molecular weight is 283 g/mol. The lowest BCUT2D eigenvalue weighted by molar-refractivity contribution is 0.383. The molecule has 0 saturated carbocycles. The summed E-state index contributed by atoms with van der Waals surface area (Å²) in [7, 11) is 1.39. The predicted octanol–water partition coefficient (Wildman–Crippen LogP) is 2.40. The molecule has 0 atom stereocenters. The molecular formula is C13H12ClFN2O2. The number of hydrogen-bond acceptors (Lipinski definition) is 3.